The number of rotatable bonds is 5. The third-order valence-corrected chi connectivity index (χ3v) is 4.36. The Morgan fingerprint density at radius 3 is 2.78 bits per heavy atom. The lowest BCUT2D eigenvalue weighted by molar-refractivity contribution is 0.139. The molecule has 2 heterocycles. The smallest absolute Gasteiger partial charge is 0.205 e. The van der Waals surface area contributed by atoms with Crippen molar-refractivity contribution in [1.82, 2.24) is 20.0 Å². The van der Waals surface area contributed by atoms with Crippen molar-refractivity contribution in [2.75, 3.05) is 39.0 Å². The molecule has 0 aromatic carbocycles. The summed E-state index contributed by atoms with van der Waals surface area (Å²) >= 11 is 1.66. The fraction of sp³-hybridized carbons (Fsp3) is 0.833. The van der Waals surface area contributed by atoms with Crippen LogP contribution in [0.2, 0.25) is 0 Å². The summed E-state index contributed by atoms with van der Waals surface area (Å²) in [7, 11) is 4.40. The van der Waals surface area contributed by atoms with E-state index in [4.69, 9.17) is 0 Å². The molecule has 1 aromatic rings. The first-order chi connectivity index (χ1) is 8.69. The lowest BCUT2D eigenvalue weighted by Gasteiger charge is -2.34. The van der Waals surface area contributed by atoms with E-state index in [-0.39, 0.29) is 0 Å². The van der Waals surface area contributed by atoms with Crippen LogP contribution in [0.5, 0.6) is 0 Å². The molecule has 2 rings (SSSR count). The van der Waals surface area contributed by atoms with Gasteiger partial charge < -0.3 is 10.2 Å². The minimum absolute atomic E-state index is 0.688. The highest BCUT2D eigenvalue weighted by Crippen LogP contribution is 2.20. The molecule has 5 nitrogen and oxygen atoms in total. The van der Waals surface area contributed by atoms with Crippen LogP contribution in [0.1, 0.15) is 24.8 Å². The first-order valence-electron chi connectivity index (χ1n) is 6.64. The minimum Gasteiger partial charge on any atom is -0.360 e. The van der Waals surface area contributed by atoms with Crippen LogP contribution in [0, 0.1) is 0 Å². The van der Waals surface area contributed by atoms with E-state index in [1.54, 1.807) is 11.3 Å². The third kappa shape index (κ3) is 3.63. The summed E-state index contributed by atoms with van der Waals surface area (Å²) in [6, 6.07) is 0.688. The Morgan fingerprint density at radius 2 is 2.11 bits per heavy atom. The van der Waals surface area contributed by atoms with Crippen LogP contribution < -0.4 is 5.32 Å². The number of hydrogen-bond acceptors (Lipinski definition) is 6. The Balaban J connectivity index is 1.84. The lowest BCUT2D eigenvalue weighted by Crippen LogP contribution is -2.41. The van der Waals surface area contributed by atoms with Gasteiger partial charge in [-0.3, -0.25) is 4.90 Å². The van der Waals surface area contributed by atoms with Crippen LogP contribution in [0.4, 0.5) is 5.13 Å². The monoisotopic (exact) mass is 269 g/mol. The van der Waals surface area contributed by atoms with Gasteiger partial charge in [0.05, 0.1) is 6.54 Å². The SMILES string of the molecule is CCNc1nnc(CN(C)C2CCN(C)CC2)s1. The molecule has 1 N–H and O–H groups in total. The first kappa shape index (κ1) is 13.7. The fourth-order valence-electron chi connectivity index (χ4n) is 2.32. The molecular weight excluding hydrogens is 246 g/mol. The molecule has 0 atom stereocenters. The Morgan fingerprint density at radius 1 is 1.39 bits per heavy atom. The predicted octanol–water partition coefficient (Wildman–Crippen LogP) is 1.50. The van der Waals surface area contributed by atoms with E-state index in [0.717, 1.165) is 23.2 Å². The van der Waals surface area contributed by atoms with Crippen LogP contribution in [-0.2, 0) is 6.54 Å². The Kier molecular flexibility index (Phi) is 4.91. The van der Waals surface area contributed by atoms with Crippen LogP contribution in [0.25, 0.3) is 0 Å². The largest absolute Gasteiger partial charge is 0.360 e. The van der Waals surface area contributed by atoms with Gasteiger partial charge in [0.25, 0.3) is 0 Å². The maximum Gasteiger partial charge on any atom is 0.205 e. The number of piperidine rings is 1. The number of anilines is 1. The van der Waals surface area contributed by atoms with Gasteiger partial charge in [-0.05, 0) is 47.0 Å². The highest BCUT2D eigenvalue weighted by Gasteiger charge is 2.21. The number of nitrogens with zero attached hydrogens (tertiary/aromatic N) is 4. The van der Waals surface area contributed by atoms with Crippen LogP contribution in [-0.4, -0.2) is 59.8 Å². The summed E-state index contributed by atoms with van der Waals surface area (Å²) in [5.41, 5.74) is 0. The standard InChI is InChI=1S/C12H23N5S/c1-4-13-12-15-14-11(18-12)9-17(3)10-5-7-16(2)8-6-10/h10H,4-9H2,1-3H3,(H,13,15). The summed E-state index contributed by atoms with van der Waals surface area (Å²) in [4.78, 5) is 4.82. The van der Waals surface area contributed by atoms with Gasteiger partial charge in [-0.1, -0.05) is 11.3 Å². The van der Waals surface area contributed by atoms with Gasteiger partial charge in [-0.15, -0.1) is 10.2 Å². The molecule has 0 radical (unpaired) electrons. The Hall–Kier alpha value is -0.720. The minimum atomic E-state index is 0.688. The highest BCUT2D eigenvalue weighted by atomic mass is 32.1. The third-order valence-electron chi connectivity index (χ3n) is 3.49. The summed E-state index contributed by atoms with van der Waals surface area (Å²) in [6.45, 7) is 6.30. The van der Waals surface area contributed by atoms with E-state index >= 15 is 0 Å². The van der Waals surface area contributed by atoms with Gasteiger partial charge in [0.2, 0.25) is 5.13 Å². The number of aromatic nitrogens is 2. The van der Waals surface area contributed by atoms with E-state index in [0.29, 0.717) is 6.04 Å². The van der Waals surface area contributed by atoms with Gasteiger partial charge in [0, 0.05) is 12.6 Å². The molecule has 1 fully saturated rings. The highest BCUT2D eigenvalue weighted by molar-refractivity contribution is 7.15. The topological polar surface area (TPSA) is 44.3 Å². The average molecular weight is 269 g/mol. The van der Waals surface area contributed by atoms with Crippen molar-refractivity contribution in [2.45, 2.75) is 32.4 Å². The normalized spacial score (nSPS) is 18.4. The number of hydrogen-bond donors (Lipinski definition) is 1. The van der Waals surface area contributed by atoms with Gasteiger partial charge in [0.1, 0.15) is 5.01 Å². The van der Waals surface area contributed by atoms with Crippen LogP contribution in [0.3, 0.4) is 0 Å². The van der Waals surface area contributed by atoms with E-state index < -0.39 is 0 Å². The molecule has 0 aliphatic carbocycles. The molecule has 1 saturated heterocycles. The molecule has 1 aliphatic rings. The quantitative estimate of drug-likeness (QED) is 0.877. The van der Waals surface area contributed by atoms with Crippen LogP contribution >= 0.6 is 11.3 Å². The zero-order chi connectivity index (χ0) is 13.0. The molecule has 0 amide bonds. The van der Waals surface area contributed by atoms with Crippen molar-refractivity contribution in [3.05, 3.63) is 5.01 Å². The average Bonchev–Trinajstić information content (AvgIpc) is 2.78. The Labute approximate surface area is 113 Å². The van der Waals surface area contributed by atoms with Gasteiger partial charge in [-0.25, -0.2) is 0 Å². The lowest BCUT2D eigenvalue weighted by atomic mass is 10.0. The summed E-state index contributed by atoms with van der Waals surface area (Å²) in [5.74, 6) is 0. The zero-order valence-corrected chi connectivity index (χ0v) is 12.3. The van der Waals surface area contributed by atoms with Crippen molar-refractivity contribution < 1.29 is 0 Å². The molecule has 0 spiro atoms. The molecule has 1 aromatic heterocycles. The second-order valence-corrected chi connectivity index (χ2v) is 6.04. The number of likely N-dealkylation sites (tertiary alicyclic amines) is 1. The molecule has 18 heavy (non-hydrogen) atoms. The second kappa shape index (κ2) is 6.45. The van der Waals surface area contributed by atoms with Gasteiger partial charge >= 0.3 is 0 Å². The van der Waals surface area contributed by atoms with Crippen molar-refractivity contribution in [1.29, 1.82) is 0 Å². The molecule has 0 unspecified atom stereocenters. The van der Waals surface area contributed by atoms with E-state index in [1.807, 2.05) is 0 Å². The summed E-state index contributed by atoms with van der Waals surface area (Å²) in [6.07, 6.45) is 2.51. The van der Waals surface area contributed by atoms with Crippen molar-refractivity contribution in [2.24, 2.45) is 0 Å². The molecule has 0 saturated carbocycles. The molecular formula is C12H23N5S. The first-order valence-corrected chi connectivity index (χ1v) is 7.45. The predicted molar refractivity (Wildman–Crippen MR) is 76.1 cm³/mol. The van der Waals surface area contributed by atoms with E-state index in [9.17, 15) is 0 Å². The number of nitrogens with one attached hydrogen (secondary N) is 1. The summed E-state index contributed by atoms with van der Waals surface area (Å²) in [5, 5.41) is 13.6. The molecule has 0 bridgehead atoms. The van der Waals surface area contributed by atoms with Crippen molar-refractivity contribution in [3.63, 3.8) is 0 Å². The fourth-order valence-corrected chi connectivity index (χ4v) is 3.19. The Bertz CT molecular complexity index is 359. The van der Waals surface area contributed by atoms with E-state index in [1.165, 1.54) is 25.9 Å². The van der Waals surface area contributed by atoms with Crippen molar-refractivity contribution >= 4 is 16.5 Å². The van der Waals surface area contributed by atoms with Gasteiger partial charge in [0.15, 0.2) is 0 Å². The summed E-state index contributed by atoms with van der Waals surface area (Å²) < 4.78 is 0. The van der Waals surface area contributed by atoms with E-state index in [2.05, 4.69) is 46.3 Å². The van der Waals surface area contributed by atoms with Gasteiger partial charge in [-0.2, -0.15) is 0 Å². The maximum atomic E-state index is 4.24. The van der Waals surface area contributed by atoms with Crippen LogP contribution in [0.15, 0.2) is 0 Å². The molecule has 102 valence electrons. The van der Waals surface area contributed by atoms with Crippen molar-refractivity contribution in [3.8, 4) is 0 Å². The maximum absolute atomic E-state index is 4.24. The zero-order valence-electron chi connectivity index (χ0n) is 11.5. The molecule has 6 heteroatoms. The molecule has 1 aliphatic heterocycles. The second-order valence-electron chi connectivity index (χ2n) is 4.98.